The predicted octanol–water partition coefficient (Wildman–Crippen LogP) is 1.80. The summed E-state index contributed by atoms with van der Waals surface area (Å²) in [6.45, 7) is 0.598. The first-order chi connectivity index (χ1) is 12.0. The molecular weight excluding hydrogens is 320 g/mol. The van der Waals surface area contributed by atoms with E-state index in [-0.39, 0.29) is 24.1 Å². The number of rotatable bonds is 0. The van der Waals surface area contributed by atoms with E-state index < -0.39 is 11.0 Å². The van der Waals surface area contributed by atoms with E-state index in [0.29, 0.717) is 25.8 Å². The molecule has 1 spiro atoms. The largest absolute Gasteiger partial charge is 0.453 e. The van der Waals surface area contributed by atoms with Gasteiger partial charge in [0.25, 0.3) is 0 Å². The van der Waals surface area contributed by atoms with Crippen LogP contribution in [0.4, 0.5) is 10.5 Å². The summed E-state index contributed by atoms with van der Waals surface area (Å²) >= 11 is 0. The zero-order valence-corrected chi connectivity index (χ0v) is 14.3. The Balaban J connectivity index is 1.74. The number of benzene rings is 1. The molecular formula is C19H22N2O4. The van der Waals surface area contributed by atoms with Crippen LogP contribution in [0.25, 0.3) is 0 Å². The first kappa shape index (κ1) is 15.2. The number of carbonyl (C=O) groups is 2. The molecule has 1 aromatic carbocycles. The molecule has 4 atom stereocenters. The maximum atomic E-state index is 12.8. The second-order valence-electron chi connectivity index (χ2n) is 7.80. The SMILES string of the molecule is COC(=O)N1CC[C@@]23c4ccccc4N4C(=O)CC[C@@](O)(CC[C@H]12)[C@H]43. The van der Waals surface area contributed by atoms with Crippen LogP contribution in [0.2, 0.25) is 0 Å². The molecule has 3 heterocycles. The highest BCUT2D eigenvalue weighted by Gasteiger charge is 2.70. The molecule has 3 fully saturated rings. The number of hydrogen-bond acceptors (Lipinski definition) is 4. The average Bonchev–Trinajstić information content (AvgIpc) is 3.16. The van der Waals surface area contributed by atoms with Crippen LogP contribution in [0, 0.1) is 0 Å². The van der Waals surface area contributed by atoms with E-state index >= 15 is 0 Å². The standard InChI is InChI=1S/C19H22N2O4/c1-25-17(23)20-11-10-19-12-4-2-3-5-13(12)21-15(22)7-9-18(24,16(19)21)8-6-14(19)20/h2-5,14,16,24H,6-11H2,1H3/t14-,16-,18-,19+/m0/s1. The van der Waals surface area contributed by atoms with E-state index in [1.165, 1.54) is 7.11 Å². The Morgan fingerprint density at radius 3 is 2.88 bits per heavy atom. The van der Waals surface area contributed by atoms with E-state index in [2.05, 4.69) is 6.07 Å². The number of nitrogens with zero attached hydrogens (tertiary/aromatic N) is 2. The summed E-state index contributed by atoms with van der Waals surface area (Å²) in [7, 11) is 1.41. The number of ether oxygens (including phenoxy) is 1. The van der Waals surface area contributed by atoms with Gasteiger partial charge in [0.2, 0.25) is 5.91 Å². The molecule has 25 heavy (non-hydrogen) atoms. The van der Waals surface area contributed by atoms with E-state index in [1.54, 1.807) is 4.90 Å². The zero-order valence-electron chi connectivity index (χ0n) is 14.3. The fourth-order valence-corrected chi connectivity index (χ4v) is 6.11. The fourth-order valence-electron chi connectivity index (χ4n) is 6.11. The Morgan fingerprint density at radius 2 is 2.08 bits per heavy atom. The van der Waals surface area contributed by atoms with E-state index in [1.807, 2.05) is 23.1 Å². The van der Waals surface area contributed by atoms with Gasteiger partial charge in [-0.3, -0.25) is 4.79 Å². The number of fused-ring (bicyclic) bond motifs is 2. The second kappa shape index (κ2) is 4.75. The maximum absolute atomic E-state index is 12.8. The topological polar surface area (TPSA) is 70.1 Å². The van der Waals surface area contributed by atoms with Gasteiger partial charge >= 0.3 is 6.09 Å². The van der Waals surface area contributed by atoms with Crippen LogP contribution in [0.1, 0.15) is 37.7 Å². The Morgan fingerprint density at radius 1 is 1.28 bits per heavy atom. The summed E-state index contributed by atoms with van der Waals surface area (Å²) in [6.07, 6.45) is 2.66. The Hall–Kier alpha value is -2.08. The van der Waals surface area contributed by atoms with Crippen molar-refractivity contribution in [3.63, 3.8) is 0 Å². The van der Waals surface area contributed by atoms with Crippen molar-refractivity contribution in [3.8, 4) is 0 Å². The number of amides is 2. The van der Waals surface area contributed by atoms with E-state index in [0.717, 1.165) is 24.1 Å². The van der Waals surface area contributed by atoms with Crippen LogP contribution in [0.5, 0.6) is 0 Å². The van der Waals surface area contributed by atoms with Gasteiger partial charge in [-0.05, 0) is 37.3 Å². The highest BCUT2D eigenvalue weighted by atomic mass is 16.5. The van der Waals surface area contributed by atoms with Gasteiger partial charge < -0.3 is 19.6 Å². The van der Waals surface area contributed by atoms with E-state index in [9.17, 15) is 14.7 Å². The Kier molecular flexibility index (Phi) is 2.89. The molecule has 1 saturated carbocycles. The smallest absolute Gasteiger partial charge is 0.409 e. The molecule has 6 heteroatoms. The summed E-state index contributed by atoms with van der Waals surface area (Å²) in [5.74, 6) is 0.0798. The third-order valence-corrected chi connectivity index (χ3v) is 6.96. The summed E-state index contributed by atoms with van der Waals surface area (Å²) < 4.78 is 5.00. The van der Waals surface area contributed by atoms with Crippen LogP contribution < -0.4 is 4.90 Å². The van der Waals surface area contributed by atoms with Crippen LogP contribution in [0.3, 0.4) is 0 Å². The minimum Gasteiger partial charge on any atom is -0.453 e. The number of aliphatic hydroxyl groups is 1. The molecule has 4 aliphatic rings. The van der Waals surface area contributed by atoms with Crippen molar-refractivity contribution in [2.24, 2.45) is 0 Å². The van der Waals surface area contributed by atoms with E-state index in [4.69, 9.17) is 4.74 Å². The Bertz CT molecular complexity index is 780. The number of carbonyl (C=O) groups excluding carboxylic acids is 2. The van der Waals surface area contributed by atoms with Gasteiger partial charge in [0.05, 0.1) is 18.8 Å². The molecule has 0 bridgehead atoms. The molecule has 1 aromatic rings. The maximum Gasteiger partial charge on any atom is 0.409 e. The van der Waals surface area contributed by atoms with Crippen molar-refractivity contribution in [1.29, 1.82) is 0 Å². The van der Waals surface area contributed by atoms with Crippen LogP contribution in [0.15, 0.2) is 24.3 Å². The third kappa shape index (κ3) is 1.64. The molecule has 6 nitrogen and oxygen atoms in total. The predicted molar refractivity (Wildman–Crippen MR) is 90.3 cm³/mol. The zero-order chi connectivity index (χ0) is 17.4. The highest BCUT2D eigenvalue weighted by molar-refractivity contribution is 5.99. The van der Waals surface area contributed by atoms with Gasteiger partial charge in [0.1, 0.15) is 0 Å². The lowest BCUT2D eigenvalue weighted by Crippen LogP contribution is -2.69. The molecule has 5 rings (SSSR count). The minimum absolute atomic E-state index is 0.0396. The number of anilines is 1. The fraction of sp³-hybridized carbons (Fsp3) is 0.579. The molecule has 1 aliphatic carbocycles. The lowest BCUT2D eigenvalue weighted by Gasteiger charge is -2.55. The number of para-hydroxylation sites is 1. The van der Waals surface area contributed by atoms with Gasteiger partial charge in [-0.1, -0.05) is 18.2 Å². The van der Waals surface area contributed by atoms with Crippen molar-refractivity contribution < 1.29 is 19.4 Å². The monoisotopic (exact) mass is 342 g/mol. The molecule has 132 valence electrons. The normalized spacial score (nSPS) is 38.2. The minimum atomic E-state index is -0.879. The molecule has 1 N–H and O–H groups in total. The van der Waals surface area contributed by atoms with Crippen LogP contribution in [-0.2, 0) is 14.9 Å². The summed E-state index contributed by atoms with van der Waals surface area (Å²) in [5, 5.41) is 11.5. The van der Waals surface area contributed by atoms with Crippen molar-refractivity contribution in [3.05, 3.63) is 29.8 Å². The molecule has 0 unspecified atom stereocenters. The first-order valence-electron chi connectivity index (χ1n) is 9.01. The van der Waals surface area contributed by atoms with Crippen molar-refractivity contribution in [1.82, 2.24) is 4.90 Å². The van der Waals surface area contributed by atoms with Gasteiger partial charge in [-0.15, -0.1) is 0 Å². The lowest BCUT2D eigenvalue weighted by molar-refractivity contribution is -0.132. The number of hydrogen-bond donors (Lipinski definition) is 1. The lowest BCUT2D eigenvalue weighted by atomic mass is 9.57. The Labute approximate surface area is 146 Å². The van der Waals surface area contributed by atoms with Gasteiger partial charge in [0.15, 0.2) is 0 Å². The first-order valence-corrected chi connectivity index (χ1v) is 9.01. The third-order valence-electron chi connectivity index (χ3n) is 6.96. The van der Waals surface area contributed by atoms with Crippen LogP contribution in [-0.4, -0.2) is 53.3 Å². The number of likely N-dealkylation sites (tertiary alicyclic amines) is 1. The molecule has 0 radical (unpaired) electrons. The molecule has 2 amide bonds. The molecule has 3 aliphatic heterocycles. The van der Waals surface area contributed by atoms with Crippen molar-refractivity contribution >= 4 is 17.7 Å². The number of methoxy groups -OCH3 is 1. The summed E-state index contributed by atoms with van der Waals surface area (Å²) in [4.78, 5) is 28.7. The van der Waals surface area contributed by atoms with Crippen molar-refractivity contribution in [2.75, 3.05) is 18.6 Å². The highest BCUT2D eigenvalue weighted by Crippen LogP contribution is 2.62. The molecule has 0 aromatic heterocycles. The quantitative estimate of drug-likeness (QED) is 0.780. The number of piperidine rings is 1. The van der Waals surface area contributed by atoms with Gasteiger partial charge in [-0.25, -0.2) is 4.79 Å². The van der Waals surface area contributed by atoms with Crippen LogP contribution >= 0.6 is 0 Å². The van der Waals surface area contributed by atoms with Gasteiger partial charge in [-0.2, -0.15) is 0 Å². The second-order valence-corrected chi connectivity index (χ2v) is 7.80. The summed E-state index contributed by atoms with van der Waals surface area (Å²) in [5.41, 5.74) is 0.739. The summed E-state index contributed by atoms with van der Waals surface area (Å²) in [6, 6.07) is 7.65. The average molecular weight is 342 g/mol. The van der Waals surface area contributed by atoms with Gasteiger partial charge in [0, 0.05) is 30.1 Å². The molecule has 2 saturated heterocycles. The van der Waals surface area contributed by atoms with Crippen molar-refractivity contribution in [2.45, 2.75) is 55.2 Å².